The van der Waals surface area contributed by atoms with Gasteiger partial charge in [0.25, 0.3) is 0 Å². The Labute approximate surface area is 105 Å². The van der Waals surface area contributed by atoms with Gasteiger partial charge in [-0.1, -0.05) is 0 Å². The number of urea groups is 1. The van der Waals surface area contributed by atoms with Gasteiger partial charge in [-0.3, -0.25) is 14.8 Å². The van der Waals surface area contributed by atoms with Crippen LogP contribution in [0.15, 0.2) is 6.07 Å². The monoisotopic (exact) mass is 251 g/mol. The number of carbonyl (C=O) groups excluding carboxylic acids is 2. The smallest absolute Gasteiger partial charge is 0.321 e. The molecule has 7 nitrogen and oxygen atoms in total. The van der Waals surface area contributed by atoms with Crippen molar-refractivity contribution in [3.05, 3.63) is 11.8 Å². The van der Waals surface area contributed by atoms with Gasteiger partial charge in [-0.05, 0) is 19.8 Å². The Morgan fingerprint density at radius 2 is 2.39 bits per heavy atom. The van der Waals surface area contributed by atoms with E-state index in [2.05, 4.69) is 21.0 Å². The molecular weight excluding hydrogens is 234 g/mol. The standard InChI is InChI=1S/C11H17N5O2/c1-7-6-9(16(2)15-7)14-11(18)13-8-4-3-5-12-10(8)17/h6,8H,3-5H2,1-2H3,(H,12,17)(H2,13,14,18)/t8-/m0/s1. The highest BCUT2D eigenvalue weighted by molar-refractivity contribution is 5.93. The first kappa shape index (κ1) is 12.4. The maximum atomic E-state index is 11.7. The maximum absolute atomic E-state index is 11.7. The number of hydrogen-bond acceptors (Lipinski definition) is 3. The average Bonchev–Trinajstić information content (AvgIpc) is 2.61. The molecule has 2 heterocycles. The molecular formula is C11H17N5O2. The summed E-state index contributed by atoms with van der Waals surface area (Å²) in [5.74, 6) is 0.471. The van der Waals surface area contributed by atoms with Crippen LogP contribution in [0.2, 0.25) is 0 Å². The van der Waals surface area contributed by atoms with Crippen molar-refractivity contribution in [3.63, 3.8) is 0 Å². The molecule has 2 rings (SSSR count). The molecule has 1 aliphatic heterocycles. The van der Waals surface area contributed by atoms with Gasteiger partial charge in [0.1, 0.15) is 11.9 Å². The Kier molecular flexibility index (Phi) is 3.50. The quantitative estimate of drug-likeness (QED) is 0.698. The Bertz CT molecular complexity index is 468. The van der Waals surface area contributed by atoms with Gasteiger partial charge in [0.05, 0.1) is 5.69 Å². The topological polar surface area (TPSA) is 88.0 Å². The summed E-state index contributed by atoms with van der Waals surface area (Å²) < 4.78 is 1.58. The van der Waals surface area contributed by atoms with Crippen LogP contribution in [0.5, 0.6) is 0 Å². The molecule has 1 aliphatic rings. The Balaban J connectivity index is 1.92. The summed E-state index contributed by atoms with van der Waals surface area (Å²) in [5.41, 5.74) is 0.822. The SMILES string of the molecule is Cc1cc(NC(=O)N[C@H]2CCCNC2=O)n(C)n1. The van der Waals surface area contributed by atoms with Gasteiger partial charge in [0.15, 0.2) is 0 Å². The molecule has 98 valence electrons. The molecule has 0 radical (unpaired) electrons. The Hall–Kier alpha value is -2.05. The van der Waals surface area contributed by atoms with Gasteiger partial charge >= 0.3 is 6.03 Å². The number of piperidine rings is 1. The summed E-state index contributed by atoms with van der Waals surface area (Å²) >= 11 is 0. The van der Waals surface area contributed by atoms with Crippen molar-refractivity contribution < 1.29 is 9.59 Å². The number of nitrogens with one attached hydrogen (secondary N) is 3. The van der Waals surface area contributed by atoms with E-state index in [0.29, 0.717) is 18.8 Å². The van der Waals surface area contributed by atoms with Crippen LogP contribution < -0.4 is 16.0 Å². The highest BCUT2D eigenvalue weighted by Gasteiger charge is 2.23. The molecule has 0 saturated carbocycles. The second-order valence-corrected chi connectivity index (χ2v) is 4.38. The van der Waals surface area contributed by atoms with Gasteiger partial charge in [-0.15, -0.1) is 0 Å². The van der Waals surface area contributed by atoms with Crippen LogP contribution in [0, 0.1) is 6.92 Å². The number of hydrogen-bond donors (Lipinski definition) is 3. The maximum Gasteiger partial charge on any atom is 0.321 e. The van der Waals surface area contributed by atoms with Crippen molar-refractivity contribution in [2.45, 2.75) is 25.8 Å². The second-order valence-electron chi connectivity index (χ2n) is 4.38. The van der Waals surface area contributed by atoms with Gasteiger partial charge in [-0.2, -0.15) is 5.10 Å². The van der Waals surface area contributed by atoms with Crippen molar-refractivity contribution in [2.75, 3.05) is 11.9 Å². The van der Waals surface area contributed by atoms with Crippen LogP contribution in [-0.4, -0.2) is 34.3 Å². The molecule has 3 N–H and O–H groups in total. The van der Waals surface area contributed by atoms with Crippen molar-refractivity contribution in [1.82, 2.24) is 20.4 Å². The summed E-state index contributed by atoms with van der Waals surface area (Å²) in [6, 6.07) is 0.925. The third-order valence-electron chi connectivity index (χ3n) is 2.83. The Morgan fingerprint density at radius 3 is 3.00 bits per heavy atom. The molecule has 0 unspecified atom stereocenters. The third-order valence-corrected chi connectivity index (χ3v) is 2.83. The molecule has 0 bridgehead atoms. The van der Waals surface area contributed by atoms with E-state index in [1.165, 1.54) is 0 Å². The zero-order valence-corrected chi connectivity index (χ0v) is 10.5. The number of aryl methyl sites for hydroxylation is 2. The first-order valence-electron chi connectivity index (χ1n) is 5.92. The van der Waals surface area contributed by atoms with E-state index >= 15 is 0 Å². The van der Waals surface area contributed by atoms with Gasteiger partial charge in [0.2, 0.25) is 5.91 Å². The molecule has 0 aliphatic carbocycles. The molecule has 1 aromatic rings. The normalized spacial score (nSPS) is 19.2. The van der Waals surface area contributed by atoms with Crippen LogP contribution in [0.4, 0.5) is 10.6 Å². The molecule has 7 heteroatoms. The van der Waals surface area contributed by atoms with E-state index in [1.54, 1.807) is 17.8 Å². The molecule has 1 atom stereocenters. The molecule has 18 heavy (non-hydrogen) atoms. The van der Waals surface area contributed by atoms with Crippen molar-refractivity contribution in [2.24, 2.45) is 7.05 Å². The zero-order valence-electron chi connectivity index (χ0n) is 10.5. The van der Waals surface area contributed by atoms with E-state index in [1.807, 2.05) is 6.92 Å². The second kappa shape index (κ2) is 5.07. The Morgan fingerprint density at radius 1 is 1.61 bits per heavy atom. The summed E-state index contributed by atoms with van der Waals surface area (Å²) in [6.07, 6.45) is 1.55. The molecule has 1 aromatic heterocycles. The van der Waals surface area contributed by atoms with Gasteiger partial charge in [0, 0.05) is 19.7 Å². The van der Waals surface area contributed by atoms with E-state index in [-0.39, 0.29) is 11.9 Å². The lowest BCUT2D eigenvalue weighted by atomic mass is 10.1. The van der Waals surface area contributed by atoms with E-state index < -0.39 is 6.04 Å². The van der Waals surface area contributed by atoms with Crippen LogP contribution >= 0.6 is 0 Å². The van der Waals surface area contributed by atoms with E-state index in [4.69, 9.17) is 0 Å². The highest BCUT2D eigenvalue weighted by Crippen LogP contribution is 2.08. The van der Waals surface area contributed by atoms with E-state index in [0.717, 1.165) is 12.1 Å². The number of carbonyl (C=O) groups is 2. The van der Waals surface area contributed by atoms with Gasteiger partial charge < -0.3 is 10.6 Å². The third kappa shape index (κ3) is 2.79. The minimum absolute atomic E-state index is 0.127. The van der Waals surface area contributed by atoms with E-state index in [9.17, 15) is 9.59 Å². The number of nitrogens with zero attached hydrogens (tertiary/aromatic N) is 2. The van der Waals surface area contributed by atoms with Crippen molar-refractivity contribution in [3.8, 4) is 0 Å². The summed E-state index contributed by atoms with van der Waals surface area (Å²) in [4.78, 5) is 23.2. The predicted molar refractivity (Wildman–Crippen MR) is 66.1 cm³/mol. The largest absolute Gasteiger partial charge is 0.354 e. The number of rotatable bonds is 2. The van der Waals surface area contributed by atoms with Crippen LogP contribution in [0.3, 0.4) is 0 Å². The summed E-state index contributed by atoms with van der Waals surface area (Å²) in [7, 11) is 1.75. The first-order valence-corrected chi connectivity index (χ1v) is 5.92. The number of anilines is 1. The zero-order chi connectivity index (χ0) is 13.1. The summed E-state index contributed by atoms with van der Waals surface area (Å²) in [5, 5.41) is 12.2. The van der Waals surface area contributed by atoms with Crippen LogP contribution in [0.1, 0.15) is 18.5 Å². The van der Waals surface area contributed by atoms with Crippen LogP contribution in [-0.2, 0) is 11.8 Å². The summed E-state index contributed by atoms with van der Waals surface area (Å²) in [6.45, 7) is 2.53. The fourth-order valence-electron chi connectivity index (χ4n) is 1.95. The van der Waals surface area contributed by atoms with Crippen molar-refractivity contribution in [1.29, 1.82) is 0 Å². The lowest BCUT2D eigenvalue weighted by molar-refractivity contribution is -0.124. The van der Waals surface area contributed by atoms with Crippen molar-refractivity contribution >= 4 is 17.8 Å². The predicted octanol–water partition coefficient (Wildman–Crippen LogP) is 0.129. The van der Waals surface area contributed by atoms with Crippen LogP contribution in [0.25, 0.3) is 0 Å². The average molecular weight is 251 g/mol. The fraction of sp³-hybridized carbons (Fsp3) is 0.545. The molecule has 3 amide bonds. The lowest BCUT2D eigenvalue weighted by Gasteiger charge is -2.22. The minimum atomic E-state index is -0.451. The lowest BCUT2D eigenvalue weighted by Crippen LogP contribution is -2.51. The minimum Gasteiger partial charge on any atom is -0.354 e. The molecule has 1 fully saturated rings. The molecule has 1 saturated heterocycles. The molecule has 0 spiro atoms. The molecule has 0 aromatic carbocycles. The van der Waals surface area contributed by atoms with Gasteiger partial charge in [-0.25, -0.2) is 4.79 Å². The fourth-order valence-corrected chi connectivity index (χ4v) is 1.95. The highest BCUT2D eigenvalue weighted by atomic mass is 16.2. The number of amides is 3. The first-order chi connectivity index (χ1) is 8.56. The number of aromatic nitrogens is 2.